The summed E-state index contributed by atoms with van der Waals surface area (Å²) in [6.45, 7) is 1.08. The third-order valence-electron chi connectivity index (χ3n) is 10.6. The molecule has 0 spiro atoms. The third-order valence-corrected chi connectivity index (χ3v) is 10.6. The van der Waals surface area contributed by atoms with Gasteiger partial charge in [-0.15, -0.1) is 0 Å². The van der Waals surface area contributed by atoms with E-state index in [9.17, 15) is 4.79 Å². The summed E-state index contributed by atoms with van der Waals surface area (Å²) in [5, 5.41) is 3.34. The van der Waals surface area contributed by atoms with Gasteiger partial charge in [-0.2, -0.15) is 0 Å². The number of nitrogens with one attached hydrogen (secondary N) is 1. The molecule has 1 aliphatic carbocycles. The van der Waals surface area contributed by atoms with Crippen molar-refractivity contribution < 1.29 is 9.53 Å². The van der Waals surface area contributed by atoms with Gasteiger partial charge in [0.05, 0.1) is 7.11 Å². The Bertz CT molecular complexity index is 1300. The number of rotatable bonds is 8. The lowest BCUT2D eigenvalue weighted by molar-refractivity contribution is -0.0430. The Balaban J connectivity index is 1.12. The maximum Gasteiger partial charge on any atom is 0.251 e. The predicted octanol–water partition coefficient (Wildman–Crippen LogP) is 6.60. The molecule has 3 aromatic carbocycles. The quantitative estimate of drug-likeness (QED) is 0.344. The number of methoxy groups -OCH3 is 1. The lowest BCUT2D eigenvalue weighted by Crippen LogP contribution is -2.61. The topological polar surface area (TPSA) is 44.8 Å². The van der Waals surface area contributed by atoms with Crippen molar-refractivity contribution in [3.05, 3.63) is 102 Å². The first-order valence-corrected chi connectivity index (χ1v) is 15.8. The first kappa shape index (κ1) is 26.7. The number of fused-ring (bicyclic) bond motifs is 6. The number of hydrogen-bond donors (Lipinski definition) is 1. The summed E-state index contributed by atoms with van der Waals surface area (Å²) in [6.07, 6.45) is 9.61. The van der Waals surface area contributed by atoms with Gasteiger partial charge < -0.3 is 10.1 Å². The van der Waals surface area contributed by atoms with E-state index >= 15 is 0 Å². The van der Waals surface area contributed by atoms with Gasteiger partial charge in [-0.1, -0.05) is 60.7 Å². The molecular formula is C36H43N3O2. The second-order valence-corrected chi connectivity index (χ2v) is 12.7. The van der Waals surface area contributed by atoms with Crippen molar-refractivity contribution in [1.29, 1.82) is 0 Å². The maximum atomic E-state index is 12.9. The van der Waals surface area contributed by atoms with Crippen LogP contribution in [0.5, 0.6) is 5.75 Å². The molecule has 5 heteroatoms. The SMILES string of the molecule is COc1cccc(C(C2CCC(NC(=O)c3ccccc3)CC2)N2C3CCC2C2CCC3N2Cc2ccccc2)c1. The van der Waals surface area contributed by atoms with Crippen LogP contribution in [0.15, 0.2) is 84.9 Å². The zero-order valence-electron chi connectivity index (χ0n) is 24.2. The van der Waals surface area contributed by atoms with Crippen LogP contribution in [0.4, 0.5) is 0 Å². The summed E-state index contributed by atoms with van der Waals surface area (Å²) in [4.78, 5) is 18.7. The molecule has 3 aromatic rings. The average Bonchev–Trinajstić information content (AvgIpc) is 3.54. The normalized spacial score (nSPS) is 30.2. The number of hydrogen-bond acceptors (Lipinski definition) is 4. The molecule has 0 radical (unpaired) electrons. The first-order chi connectivity index (χ1) is 20.2. The van der Waals surface area contributed by atoms with Gasteiger partial charge >= 0.3 is 0 Å². The molecule has 1 saturated carbocycles. The summed E-state index contributed by atoms with van der Waals surface area (Å²) in [5.41, 5.74) is 3.61. The van der Waals surface area contributed by atoms with Gasteiger partial charge in [0.1, 0.15) is 5.75 Å². The van der Waals surface area contributed by atoms with Crippen molar-refractivity contribution in [3.63, 3.8) is 0 Å². The number of amides is 1. The number of piperazine rings is 1. The van der Waals surface area contributed by atoms with Crippen molar-refractivity contribution in [2.45, 2.75) is 94.2 Å². The Morgan fingerprint density at radius 1 is 0.780 bits per heavy atom. The lowest BCUT2D eigenvalue weighted by atomic mass is 9.77. The van der Waals surface area contributed by atoms with Crippen LogP contribution in [-0.4, -0.2) is 53.0 Å². The number of carbonyl (C=O) groups excluding carboxylic acids is 1. The molecule has 7 rings (SSSR count). The van der Waals surface area contributed by atoms with E-state index in [1.807, 2.05) is 30.3 Å². The number of nitrogens with zero attached hydrogens (tertiary/aromatic N) is 2. The van der Waals surface area contributed by atoms with E-state index in [4.69, 9.17) is 4.74 Å². The second kappa shape index (κ2) is 11.6. The molecule has 5 unspecified atom stereocenters. The monoisotopic (exact) mass is 549 g/mol. The zero-order chi connectivity index (χ0) is 27.8. The van der Waals surface area contributed by atoms with Gasteiger partial charge in [-0.3, -0.25) is 14.6 Å². The first-order valence-electron chi connectivity index (χ1n) is 15.8. The fourth-order valence-corrected chi connectivity index (χ4v) is 8.81. The van der Waals surface area contributed by atoms with E-state index in [1.54, 1.807) is 7.11 Å². The van der Waals surface area contributed by atoms with Crippen LogP contribution in [0, 0.1) is 5.92 Å². The van der Waals surface area contributed by atoms with Crippen LogP contribution in [-0.2, 0) is 6.54 Å². The van der Waals surface area contributed by atoms with E-state index in [2.05, 4.69) is 69.7 Å². The van der Waals surface area contributed by atoms with Gasteiger partial charge in [0.25, 0.3) is 5.91 Å². The van der Waals surface area contributed by atoms with E-state index < -0.39 is 0 Å². The van der Waals surface area contributed by atoms with Crippen molar-refractivity contribution >= 4 is 5.91 Å². The molecule has 3 heterocycles. The van der Waals surface area contributed by atoms with Gasteiger partial charge in [-0.25, -0.2) is 0 Å². The number of benzene rings is 3. The minimum atomic E-state index is 0.0579. The van der Waals surface area contributed by atoms with Crippen molar-refractivity contribution in [2.75, 3.05) is 7.11 Å². The van der Waals surface area contributed by atoms with E-state index in [0.717, 1.165) is 43.5 Å². The highest BCUT2D eigenvalue weighted by Gasteiger charge is 2.57. The van der Waals surface area contributed by atoms with E-state index in [-0.39, 0.29) is 11.9 Å². The minimum Gasteiger partial charge on any atom is -0.497 e. The van der Waals surface area contributed by atoms with Gasteiger partial charge in [0.2, 0.25) is 0 Å². The summed E-state index contributed by atoms with van der Waals surface area (Å²) in [5.74, 6) is 1.59. The van der Waals surface area contributed by atoms with Crippen molar-refractivity contribution in [2.24, 2.45) is 5.92 Å². The van der Waals surface area contributed by atoms with Crippen LogP contribution >= 0.6 is 0 Å². The number of carbonyl (C=O) groups is 1. The molecule has 3 aliphatic heterocycles. The van der Waals surface area contributed by atoms with Crippen LogP contribution in [0.25, 0.3) is 0 Å². The maximum absolute atomic E-state index is 12.9. The zero-order valence-corrected chi connectivity index (χ0v) is 24.2. The van der Waals surface area contributed by atoms with Crippen LogP contribution < -0.4 is 10.1 Å². The summed E-state index contributed by atoms with van der Waals surface area (Å²) >= 11 is 0. The fraction of sp³-hybridized carbons (Fsp3) is 0.472. The molecule has 4 bridgehead atoms. The Morgan fingerprint density at radius 2 is 1.41 bits per heavy atom. The van der Waals surface area contributed by atoms with Crippen molar-refractivity contribution in [3.8, 4) is 5.75 Å². The molecule has 0 aromatic heterocycles. The third kappa shape index (κ3) is 5.19. The highest BCUT2D eigenvalue weighted by Crippen LogP contribution is 2.52. The molecule has 5 atom stereocenters. The highest BCUT2D eigenvalue weighted by atomic mass is 16.5. The van der Waals surface area contributed by atoms with Gasteiger partial charge in [0, 0.05) is 48.4 Å². The smallest absolute Gasteiger partial charge is 0.251 e. The van der Waals surface area contributed by atoms with Crippen LogP contribution in [0.3, 0.4) is 0 Å². The molecule has 1 N–H and O–H groups in total. The molecule has 1 amide bonds. The lowest BCUT2D eigenvalue weighted by Gasteiger charge is -2.52. The fourth-order valence-electron chi connectivity index (χ4n) is 8.81. The number of ether oxygens (including phenoxy) is 1. The Hall–Kier alpha value is -3.15. The summed E-state index contributed by atoms with van der Waals surface area (Å²) in [6, 6.07) is 32.7. The molecule has 5 nitrogen and oxygen atoms in total. The Morgan fingerprint density at radius 3 is 2.07 bits per heavy atom. The van der Waals surface area contributed by atoms with Crippen molar-refractivity contribution in [1.82, 2.24) is 15.1 Å². The molecule has 214 valence electrons. The average molecular weight is 550 g/mol. The van der Waals surface area contributed by atoms with E-state index in [1.165, 1.54) is 36.8 Å². The van der Waals surface area contributed by atoms with Crippen LogP contribution in [0.2, 0.25) is 0 Å². The molecule has 4 fully saturated rings. The summed E-state index contributed by atoms with van der Waals surface area (Å²) < 4.78 is 5.72. The second-order valence-electron chi connectivity index (χ2n) is 12.7. The molecule has 3 saturated heterocycles. The Labute approximate surface area is 244 Å². The van der Waals surface area contributed by atoms with Gasteiger partial charge in [0.15, 0.2) is 0 Å². The minimum absolute atomic E-state index is 0.0579. The van der Waals surface area contributed by atoms with Gasteiger partial charge in [-0.05, 0) is 92.7 Å². The Kier molecular flexibility index (Phi) is 7.57. The largest absolute Gasteiger partial charge is 0.497 e. The highest BCUT2D eigenvalue weighted by molar-refractivity contribution is 5.94. The molecular weight excluding hydrogens is 506 g/mol. The predicted molar refractivity (Wildman–Crippen MR) is 163 cm³/mol. The standard InChI is InChI=1S/C36H43N3O2/c1-41-30-14-8-13-28(23-30)35(26-15-17-29(18-16-26)37-36(40)27-11-6-3-7-12-27)39-33-21-22-34(39)32-20-19-31(33)38(32)24-25-9-4-2-5-10-25/h2-14,23,26,29,31-35H,15-22,24H2,1H3,(H,37,40). The van der Waals surface area contributed by atoms with E-state index in [0.29, 0.717) is 36.1 Å². The summed E-state index contributed by atoms with van der Waals surface area (Å²) in [7, 11) is 1.78. The van der Waals surface area contributed by atoms with Crippen LogP contribution in [0.1, 0.15) is 78.9 Å². The molecule has 4 aliphatic rings. The molecule has 41 heavy (non-hydrogen) atoms.